The van der Waals surface area contributed by atoms with E-state index in [0.717, 1.165) is 12.8 Å². The van der Waals surface area contributed by atoms with Gasteiger partial charge in [-0.3, -0.25) is 9.59 Å². The Morgan fingerprint density at radius 1 is 1.03 bits per heavy atom. The molecule has 2 amide bonds. The van der Waals surface area contributed by atoms with Gasteiger partial charge in [0, 0.05) is 32.1 Å². The summed E-state index contributed by atoms with van der Waals surface area (Å²) in [5.74, 6) is 1.69. The summed E-state index contributed by atoms with van der Waals surface area (Å²) in [7, 11) is 1.57. The number of carbonyl (C=O) groups is 2. The summed E-state index contributed by atoms with van der Waals surface area (Å²) in [4.78, 5) is 33.8. The van der Waals surface area contributed by atoms with Crippen LogP contribution in [-0.4, -0.2) is 73.1 Å². The normalized spacial score (nSPS) is 17.8. The minimum atomic E-state index is -0.102. The van der Waals surface area contributed by atoms with Gasteiger partial charge in [-0.25, -0.2) is 4.98 Å². The number of methoxy groups -OCH3 is 1. The van der Waals surface area contributed by atoms with E-state index in [1.165, 1.54) is 0 Å². The molecule has 0 spiro atoms. The molecular weight excluding hydrogens is 386 g/mol. The Labute approximate surface area is 175 Å². The highest BCUT2D eigenvalue weighted by Crippen LogP contribution is 2.30. The fourth-order valence-electron chi connectivity index (χ4n) is 4.03. The molecule has 1 aromatic carbocycles. The molecule has 8 nitrogen and oxygen atoms in total. The van der Waals surface area contributed by atoms with Crippen molar-refractivity contribution in [2.24, 2.45) is 0 Å². The Bertz CT molecular complexity index is 911. The van der Waals surface area contributed by atoms with Crippen molar-refractivity contribution in [3.8, 4) is 5.75 Å². The Hall–Kier alpha value is -2.87. The van der Waals surface area contributed by atoms with Crippen LogP contribution in [0.15, 0.2) is 28.7 Å². The van der Waals surface area contributed by atoms with Gasteiger partial charge in [0.1, 0.15) is 11.5 Å². The SMILES string of the molecule is COc1ccccc1C(=O)N1CCC(c2nc(C(=O)N3CCOCC3)c(C)o2)CC1. The van der Waals surface area contributed by atoms with Crippen LogP contribution in [0, 0.1) is 6.92 Å². The molecule has 2 fully saturated rings. The summed E-state index contributed by atoms with van der Waals surface area (Å²) in [6, 6.07) is 7.27. The van der Waals surface area contributed by atoms with Crippen molar-refractivity contribution >= 4 is 11.8 Å². The number of para-hydroxylation sites is 1. The van der Waals surface area contributed by atoms with Crippen LogP contribution in [0.25, 0.3) is 0 Å². The van der Waals surface area contributed by atoms with E-state index in [9.17, 15) is 9.59 Å². The minimum absolute atomic E-state index is 0.0299. The van der Waals surface area contributed by atoms with Gasteiger partial charge >= 0.3 is 0 Å². The molecule has 2 aliphatic heterocycles. The molecule has 160 valence electrons. The number of nitrogens with zero attached hydrogens (tertiary/aromatic N) is 3. The third-order valence-corrected chi connectivity index (χ3v) is 5.78. The Balaban J connectivity index is 1.41. The standard InChI is InChI=1S/C22H27N3O5/c1-15-19(22(27)25-11-13-29-14-12-25)23-20(30-15)16-7-9-24(10-8-16)21(26)17-5-3-4-6-18(17)28-2/h3-6,16H,7-14H2,1-2H3. The van der Waals surface area contributed by atoms with E-state index in [2.05, 4.69) is 4.98 Å². The highest BCUT2D eigenvalue weighted by atomic mass is 16.5. The van der Waals surface area contributed by atoms with Crippen molar-refractivity contribution < 1.29 is 23.5 Å². The van der Waals surface area contributed by atoms with Crippen molar-refractivity contribution in [1.29, 1.82) is 0 Å². The van der Waals surface area contributed by atoms with Crippen molar-refractivity contribution in [2.75, 3.05) is 46.5 Å². The van der Waals surface area contributed by atoms with Crippen LogP contribution in [0.4, 0.5) is 0 Å². The molecule has 3 heterocycles. The fourth-order valence-corrected chi connectivity index (χ4v) is 4.03. The molecule has 0 bridgehead atoms. The van der Waals surface area contributed by atoms with Gasteiger partial charge in [-0.2, -0.15) is 0 Å². The number of ether oxygens (including phenoxy) is 2. The molecule has 8 heteroatoms. The number of morpholine rings is 1. The number of aryl methyl sites for hydroxylation is 1. The zero-order chi connectivity index (χ0) is 21.1. The molecule has 0 atom stereocenters. The predicted molar refractivity (Wildman–Crippen MR) is 109 cm³/mol. The highest BCUT2D eigenvalue weighted by Gasteiger charge is 2.31. The largest absolute Gasteiger partial charge is 0.496 e. The fraction of sp³-hybridized carbons (Fsp3) is 0.500. The van der Waals surface area contributed by atoms with E-state index < -0.39 is 0 Å². The van der Waals surface area contributed by atoms with Gasteiger partial charge in [-0.15, -0.1) is 0 Å². The van der Waals surface area contributed by atoms with Crippen molar-refractivity contribution in [1.82, 2.24) is 14.8 Å². The summed E-state index contributed by atoms with van der Waals surface area (Å²) in [6.07, 6.45) is 1.48. The highest BCUT2D eigenvalue weighted by molar-refractivity contribution is 5.97. The van der Waals surface area contributed by atoms with Gasteiger partial charge in [-0.1, -0.05) is 12.1 Å². The molecule has 4 rings (SSSR count). The molecule has 30 heavy (non-hydrogen) atoms. The van der Waals surface area contributed by atoms with Crippen molar-refractivity contribution in [2.45, 2.75) is 25.7 Å². The number of hydrogen-bond acceptors (Lipinski definition) is 6. The minimum Gasteiger partial charge on any atom is -0.496 e. The number of amides is 2. The zero-order valence-corrected chi connectivity index (χ0v) is 17.4. The number of carbonyl (C=O) groups excluding carboxylic acids is 2. The number of rotatable bonds is 4. The second kappa shape index (κ2) is 8.87. The number of likely N-dealkylation sites (tertiary alicyclic amines) is 1. The lowest BCUT2D eigenvalue weighted by Crippen LogP contribution is -2.41. The van der Waals surface area contributed by atoms with Crippen LogP contribution < -0.4 is 4.74 Å². The van der Waals surface area contributed by atoms with Gasteiger partial charge in [0.2, 0.25) is 0 Å². The van der Waals surface area contributed by atoms with E-state index in [1.807, 2.05) is 17.0 Å². The summed E-state index contributed by atoms with van der Waals surface area (Å²) < 4.78 is 16.5. The van der Waals surface area contributed by atoms with E-state index in [4.69, 9.17) is 13.9 Å². The maximum atomic E-state index is 12.9. The number of piperidine rings is 1. The maximum absolute atomic E-state index is 12.9. The first kappa shape index (κ1) is 20.4. The first-order chi connectivity index (χ1) is 14.6. The van der Waals surface area contributed by atoms with Crippen LogP contribution in [0.3, 0.4) is 0 Å². The Morgan fingerprint density at radius 3 is 2.40 bits per heavy atom. The van der Waals surface area contributed by atoms with E-state index >= 15 is 0 Å². The van der Waals surface area contributed by atoms with Crippen molar-refractivity contribution in [3.63, 3.8) is 0 Å². The average Bonchev–Trinajstić information content (AvgIpc) is 3.20. The Morgan fingerprint density at radius 2 is 1.70 bits per heavy atom. The smallest absolute Gasteiger partial charge is 0.276 e. The lowest BCUT2D eigenvalue weighted by atomic mass is 9.96. The summed E-state index contributed by atoms with van der Waals surface area (Å²) in [5, 5.41) is 0. The lowest BCUT2D eigenvalue weighted by Gasteiger charge is -2.31. The molecule has 0 N–H and O–H groups in total. The van der Waals surface area contributed by atoms with E-state index in [1.54, 1.807) is 31.1 Å². The molecule has 0 aliphatic carbocycles. The average molecular weight is 413 g/mol. The summed E-state index contributed by atoms with van der Waals surface area (Å²) in [5.41, 5.74) is 0.961. The monoisotopic (exact) mass is 413 g/mol. The Kier molecular flexibility index (Phi) is 6.03. The van der Waals surface area contributed by atoms with Crippen LogP contribution in [0.2, 0.25) is 0 Å². The first-order valence-corrected chi connectivity index (χ1v) is 10.3. The van der Waals surface area contributed by atoms with Crippen LogP contribution in [-0.2, 0) is 4.74 Å². The molecule has 0 unspecified atom stereocenters. The topological polar surface area (TPSA) is 85.1 Å². The molecule has 0 radical (unpaired) electrons. The molecular formula is C22H27N3O5. The lowest BCUT2D eigenvalue weighted by molar-refractivity contribution is 0.0298. The second-order valence-electron chi connectivity index (χ2n) is 7.63. The second-order valence-corrected chi connectivity index (χ2v) is 7.63. The third-order valence-electron chi connectivity index (χ3n) is 5.78. The van der Waals surface area contributed by atoms with Gasteiger partial charge < -0.3 is 23.7 Å². The summed E-state index contributed by atoms with van der Waals surface area (Å²) in [6.45, 7) is 5.24. The van der Waals surface area contributed by atoms with Crippen LogP contribution >= 0.6 is 0 Å². The van der Waals surface area contributed by atoms with Gasteiger partial charge in [0.05, 0.1) is 25.9 Å². The molecule has 2 aromatic rings. The number of aromatic nitrogens is 1. The van der Waals surface area contributed by atoms with Crippen molar-refractivity contribution in [3.05, 3.63) is 47.2 Å². The van der Waals surface area contributed by atoms with Gasteiger partial charge in [-0.05, 0) is 31.9 Å². The van der Waals surface area contributed by atoms with E-state index in [-0.39, 0.29) is 17.7 Å². The zero-order valence-electron chi connectivity index (χ0n) is 17.4. The maximum Gasteiger partial charge on any atom is 0.276 e. The van der Waals surface area contributed by atoms with Gasteiger partial charge in [0.15, 0.2) is 11.6 Å². The number of hydrogen-bond donors (Lipinski definition) is 0. The molecule has 1 aromatic heterocycles. The van der Waals surface area contributed by atoms with Crippen LogP contribution in [0.1, 0.15) is 51.3 Å². The summed E-state index contributed by atoms with van der Waals surface area (Å²) >= 11 is 0. The molecule has 0 saturated carbocycles. The molecule has 2 aliphatic rings. The van der Waals surface area contributed by atoms with Crippen LogP contribution in [0.5, 0.6) is 5.75 Å². The first-order valence-electron chi connectivity index (χ1n) is 10.3. The number of oxazole rings is 1. The predicted octanol–water partition coefficient (Wildman–Crippen LogP) is 2.48. The van der Waals surface area contributed by atoms with Gasteiger partial charge in [0.25, 0.3) is 11.8 Å². The number of benzene rings is 1. The quantitative estimate of drug-likeness (QED) is 0.766. The molecule has 2 saturated heterocycles. The van der Waals surface area contributed by atoms with E-state index in [0.29, 0.717) is 68.1 Å². The third kappa shape index (κ3) is 4.05.